The molecule has 6 rings (SSSR count). The number of aromatic nitrogens is 2. The molecule has 1 amide bonds. The van der Waals surface area contributed by atoms with Gasteiger partial charge in [-0.25, -0.2) is 9.98 Å². The summed E-state index contributed by atoms with van der Waals surface area (Å²) in [5, 5.41) is 9.20. The fraction of sp³-hybridized carbons (Fsp3) is 0.226. The number of hydrogen-bond donors (Lipinski definition) is 1. The Labute approximate surface area is 234 Å². The van der Waals surface area contributed by atoms with Gasteiger partial charge >= 0.3 is 11.9 Å². The van der Waals surface area contributed by atoms with E-state index in [-0.39, 0.29) is 17.6 Å². The molecule has 0 aliphatic carbocycles. The van der Waals surface area contributed by atoms with Gasteiger partial charge in [0.15, 0.2) is 5.82 Å². The van der Waals surface area contributed by atoms with Crippen LogP contribution in [0.1, 0.15) is 47.1 Å². The van der Waals surface area contributed by atoms with Gasteiger partial charge in [-0.2, -0.15) is 0 Å². The highest BCUT2D eigenvalue weighted by atomic mass is 16.5. The minimum atomic E-state index is -1.32. The van der Waals surface area contributed by atoms with Crippen LogP contribution >= 0.6 is 0 Å². The topological polar surface area (TPSA) is 131 Å². The zero-order valence-corrected chi connectivity index (χ0v) is 22.2. The molecule has 3 aromatic carbocycles. The molecule has 0 saturated heterocycles. The number of aliphatic carboxylic acids is 1. The Balaban J connectivity index is 1.55. The van der Waals surface area contributed by atoms with Gasteiger partial charge in [-0.15, -0.1) is 0 Å². The highest BCUT2D eigenvalue weighted by molar-refractivity contribution is 6.20. The maximum Gasteiger partial charge on any atom is 0.306 e. The minimum absolute atomic E-state index is 0.0356. The number of aliphatic imine (C=N–C) groups is 1. The minimum Gasteiger partial charge on any atom is -0.481 e. The number of fused-ring (bicyclic) bond motifs is 1. The molecule has 0 spiro atoms. The number of carbonyl (C=O) groups excluding carboxylic acids is 2. The van der Waals surface area contributed by atoms with E-state index < -0.39 is 42.6 Å². The van der Waals surface area contributed by atoms with Gasteiger partial charge in [-0.3, -0.25) is 23.7 Å². The zero-order valence-electron chi connectivity index (χ0n) is 22.2. The van der Waals surface area contributed by atoms with Crippen molar-refractivity contribution in [1.82, 2.24) is 9.55 Å². The molecule has 206 valence electrons. The lowest BCUT2D eigenvalue weighted by Gasteiger charge is -2.23. The summed E-state index contributed by atoms with van der Waals surface area (Å²) in [5.41, 5.74) is 4.90. The molecule has 41 heavy (non-hydrogen) atoms. The van der Waals surface area contributed by atoms with Crippen molar-refractivity contribution < 1.29 is 24.2 Å². The number of carboxylic acids is 1. The van der Waals surface area contributed by atoms with E-state index in [2.05, 4.69) is 11.1 Å². The fourth-order valence-electron chi connectivity index (χ4n) is 5.46. The SMILES string of the molecule is Cc1cc2c3c(c1)C(c1ccccc1)=NC(n1c(COC(=O)CCC(=O)O)nc4ccccc4c1=O)C(=O)N3CC2. The molecule has 0 bridgehead atoms. The van der Waals surface area contributed by atoms with Crippen molar-refractivity contribution >= 4 is 40.1 Å². The number of carbonyl (C=O) groups is 3. The summed E-state index contributed by atoms with van der Waals surface area (Å²) in [7, 11) is 0. The van der Waals surface area contributed by atoms with Crippen LogP contribution in [0.2, 0.25) is 0 Å². The van der Waals surface area contributed by atoms with Gasteiger partial charge in [-0.05, 0) is 37.1 Å². The summed E-state index contributed by atoms with van der Waals surface area (Å²) >= 11 is 0. The Kier molecular flexibility index (Phi) is 6.66. The smallest absolute Gasteiger partial charge is 0.306 e. The number of rotatable bonds is 7. The van der Waals surface area contributed by atoms with Crippen LogP contribution in [-0.2, 0) is 32.1 Å². The van der Waals surface area contributed by atoms with Gasteiger partial charge in [0.1, 0.15) is 6.61 Å². The van der Waals surface area contributed by atoms with Gasteiger partial charge in [0.2, 0.25) is 6.17 Å². The molecule has 1 aromatic heterocycles. The lowest BCUT2D eigenvalue weighted by molar-refractivity contribution is -0.149. The molecule has 0 saturated carbocycles. The van der Waals surface area contributed by atoms with E-state index in [0.29, 0.717) is 24.2 Å². The number of para-hydroxylation sites is 1. The van der Waals surface area contributed by atoms with Crippen LogP contribution in [0.25, 0.3) is 10.9 Å². The van der Waals surface area contributed by atoms with Crippen LogP contribution in [0, 0.1) is 6.92 Å². The van der Waals surface area contributed by atoms with Crippen molar-refractivity contribution in [2.24, 2.45) is 4.99 Å². The number of aryl methyl sites for hydroxylation is 1. The van der Waals surface area contributed by atoms with E-state index in [9.17, 15) is 19.2 Å². The fourth-order valence-corrected chi connectivity index (χ4v) is 5.46. The summed E-state index contributed by atoms with van der Waals surface area (Å²) < 4.78 is 6.54. The molecule has 10 heteroatoms. The molecule has 2 aliphatic heterocycles. The van der Waals surface area contributed by atoms with E-state index in [1.165, 1.54) is 4.57 Å². The molecule has 10 nitrogen and oxygen atoms in total. The number of ether oxygens (including phenoxy) is 1. The van der Waals surface area contributed by atoms with E-state index in [4.69, 9.17) is 14.8 Å². The third-order valence-electron chi connectivity index (χ3n) is 7.28. The highest BCUT2D eigenvalue weighted by Gasteiger charge is 2.39. The maximum absolute atomic E-state index is 14.2. The van der Waals surface area contributed by atoms with Crippen LogP contribution < -0.4 is 10.5 Å². The molecular weight excluding hydrogens is 524 g/mol. The molecule has 1 N–H and O–H groups in total. The number of nitrogens with zero attached hydrogens (tertiary/aromatic N) is 4. The van der Waals surface area contributed by atoms with Crippen LogP contribution in [0.3, 0.4) is 0 Å². The van der Waals surface area contributed by atoms with Crippen molar-refractivity contribution in [3.05, 3.63) is 105 Å². The van der Waals surface area contributed by atoms with Gasteiger partial charge in [-0.1, -0.05) is 54.1 Å². The lowest BCUT2D eigenvalue weighted by Crippen LogP contribution is -2.40. The number of amides is 1. The van der Waals surface area contributed by atoms with Crippen LogP contribution in [0.15, 0.2) is 76.5 Å². The molecule has 1 unspecified atom stereocenters. The van der Waals surface area contributed by atoms with Crippen molar-refractivity contribution in [2.45, 2.75) is 39.0 Å². The second-order valence-corrected chi connectivity index (χ2v) is 10.1. The highest BCUT2D eigenvalue weighted by Crippen LogP contribution is 2.39. The summed E-state index contributed by atoms with van der Waals surface area (Å²) in [6.07, 6.45) is -1.38. The van der Waals surface area contributed by atoms with Gasteiger partial charge in [0.05, 0.1) is 35.1 Å². The Bertz CT molecular complexity index is 1810. The van der Waals surface area contributed by atoms with Crippen molar-refractivity contribution in [3.8, 4) is 0 Å². The normalized spacial score (nSPS) is 15.8. The molecule has 0 radical (unpaired) electrons. The van der Waals surface area contributed by atoms with E-state index in [0.717, 1.165) is 27.9 Å². The molecule has 0 fully saturated rings. The first-order valence-electron chi connectivity index (χ1n) is 13.3. The van der Waals surface area contributed by atoms with Gasteiger partial charge in [0.25, 0.3) is 11.5 Å². The standard InChI is InChI=1S/C31H26N4O6/c1-18-15-20-13-14-34-28(20)22(16-18)27(19-7-3-2-4-8-19)33-29(31(34)40)35-24(17-41-26(38)12-11-25(36)37)32-23-10-6-5-9-21(23)30(35)39/h2-10,15-16,29H,11-14,17H2,1H3,(H,36,37). The molecule has 3 heterocycles. The largest absolute Gasteiger partial charge is 0.481 e. The maximum atomic E-state index is 14.2. The molecular formula is C31H26N4O6. The monoisotopic (exact) mass is 550 g/mol. The van der Waals surface area contributed by atoms with E-state index in [1.807, 2.05) is 43.3 Å². The first kappa shape index (κ1) is 26.1. The third-order valence-corrected chi connectivity index (χ3v) is 7.28. The summed E-state index contributed by atoms with van der Waals surface area (Å²) in [4.78, 5) is 62.7. The predicted octanol–water partition coefficient (Wildman–Crippen LogP) is 3.55. The zero-order chi connectivity index (χ0) is 28.7. The number of carboxylic acid groups (broad SMARTS) is 1. The first-order valence-corrected chi connectivity index (χ1v) is 13.3. The Morgan fingerprint density at radius 3 is 2.56 bits per heavy atom. The van der Waals surface area contributed by atoms with Gasteiger partial charge < -0.3 is 14.7 Å². The summed E-state index contributed by atoms with van der Waals surface area (Å²) in [5.74, 6) is -2.24. The van der Waals surface area contributed by atoms with E-state index >= 15 is 0 Å². The first-order chi connectivity index (χ1) is 19.8. The molecule has 4 aromatic rings. The summed E-state index contributed by atoms with van der Waals surface area (Å²) in [6.45, 7) is 2.00. The average Bonchev–Trinajstić information content (AvgIpc) is 3.35. The predicted molar refractivity (Wildman–Crippen MR) is 151 cm³/mol. The van der Waals surface area contributed by atoms with Crippen LogP contribution in [0.4, 0.5) is 5.69 Å². The van der Waals surface area contributed by atoms with Crippen LogP contribution in [0.5, 0.6) is 0 Å². The number of anilines is 1. The second-order valence-electron chi connectivity index (χ2n) is 10.1. The average molecular weight is 551 g/mol. The Morgan fingerprint density at radius 1 is 1.02 bits per heavy atom. The van der Waals surface area contributed by atoms with Crippen molar-refractivity contribution in [1.29, 1.82) is 0 Å². The van der Waals surface area contributed by atoms with E-state index in [1.54, 1.807) is 29.2 Å². The Hall–Kier alpha value is -5.12. The number of esters is 1. The Morgan fingerprint density at radius 2 is 1.78 bits per heavy atom. The van der Waals surface area contributed by atoms with Gasteiger partial charge in [0, 0.05) is 17.7 Å². The second kappa shape index (κ2) is 10.5. The third kappa shape index (κ3) is 4.77. The van der Waals surface area contributed by atoms with Crippen LogP contribution in [-0.4, -0.2) is 44.8 Å². The summed E-state index contributed by atoms with van der Waals surface area (Å²) in [6, 6.07) is 20.3. The molecule has 1 atom stereocenters. The molecule has 2 aliphatic rings. The van der Waals surface area contributed by atoms with Crippen molar-refractivity contribution in [3.63, 3.8) is 0 Å². The number of hydrogen-bond acceptors (Lipinski definition) is 7. The number of benzene rings is 3. The quantitative estimate of drug-likeness (QED) is 0.348. The van der Waals surface area contributed by atoms with Crippen molar-refractivity contribution in [2.75, 3.05) is 11.4 Å². The lowest BCUT2D eigenvalue weighted by atomic mass is 9.96.